The van der Waals surface area contributed by atoms with Gasteiger partial charge in [-0.25, -0.2) is 4.39 Å². The van der Waals surface area contributed by atoms with E-state index in [2.05, 4.69) is 35.1 Å². The van der Waals surface area contributed by atoms with Crippen LogP contribution in [0.5, 0.6) is 0 Å². The maximum absolute atomic E-state index is 13.5. The van der Waals surface area contributed by atoms with E-state index in [-0.39, 0.29) is 10.9 Å². The first-order chi connectivity index (χ1) is 8.40. The van der Waals surface area contributed by atoms with Gasteiger partial charge in [-0.2, -0.15) is 0 Å². The Morgan fingerprint density at radius 3 is 2.72 bits per heavy atom. The summed E-state index contributed by atoms with van der Waals surface area (Å²) in [5.41, 5.74) is 0.0339. The molecule has 0 aliphatic rings. The molecular formula is C13H16BrClFNO. The van der Waals surface area contributed by atoms with Crippen molar-refractivity contribution in [3.63, 3.8) is 0 Å². The van der Waals surface area contributed by atoms with Gasteiger partial charge in [0.25, 0.3) is 5.91 Å². The molecule has 0 aromatic heterocycles. The molecule has 0 saturated heterocycles. The van der Waals surface area contributed by atoms with Gasteiger partial charge in [0.2, 0.25) is 0 Å². The first-order valence-electron chi connectivity index (χ1n) is 5.77. The van der Waals surface area contributed by atoms with Gasteiger partial charge >= 0.3 is 0 Å². The minimum atomic E-state index is -0.545. The quantitative estimate of drug-likeness (QED) is 0.810. The summed E-state index contributed by atoms with van der Waals surface area (Å²) in [7, 11) is 0. The van der Waals surface area contributed by atoms with Crippen LogP contribution in [0, 0.1) is 11.7 Å². The molecule has 0 bridgehead atoms. The molecule has 0 aliphatic heterocycles. The number of rotatable bonds is 5. The van der Waals surface area contributed by atoms with E-state index in [0.717, 1.165) is 6.42 Å². The lowest BCUT2D eigenvalue weighted by Crippen LogP contribution is -2.30. The van der Waals surface area contributed by atoms with Crippen LogP contribution in [0.15, 0.2) is 22.7 Å². The molecule has 1 atom stereocenters. The van der Waals surface area contributed by atoms with Crippen LogP contribution in [0.2, 0.25) is 0 Å². The minimum Gasteiger partial charge on any atom is -0.350 e. The Morgan fingerprint density at radius 2 is 2.17 bits per heavy atom. The monoisotopic (exact) mass is 335 g/mol. The predicted molar refractivity (Wildman–Crippen MR) is 75.5 cm³/mol. The summed E-state index contributed by atoms with van der Waals surface area (Å²) < 4.78 is 14.1. The maximum atomic E-state index is 13.5. The zero-order chi connectivity index (χ0) is 13.7. The standard InChI is InChI=1S/C13H16BrClFNO/c1-8(2)5-10(15)7-17-13(18)11-4-3-9(14)6-12(11)16/h3-4,6,8,10H,5,7H2,1-2H3,(H,17,18). The van der Waals surface area contributed by atoms with Gasteiger partial charge in [-0.3, -0.25) is 4.79 Å². The SMILES string of the molecule is CC(C)CC(Cl)CNC(=O)c1ccc(Br)cc1F. The molecule has 5 heteroatoms. The molecule has 1 amide bonds. The number of amides is 1. The summed E-state index contributed by atoms with van der Waals surface area (Å²) in [5.74, 6) is -0.514. The molecule has 0 heterocycles. The highest BCUT2D eigenvalue weighted by atomic mass is 79.9. The minimum absolute atomic E-state index is 0.0339. The largest absolute Gasteiger partial charge is 0.350 e. The molecule has 1 unspecified atom stereocenters. The fraction of sp³-hybridized carbons (Fsp3) is 0.462. The first-order valence-corrected chi connectivity index (χ1v) is 7.00. The number of carbonyl (C=O) groups is 1. The molecule has 100 valence electrons. The van der Waals surface area contributed by atoms with Crippen LogP contribution < -0.4 is 5.32 Å². The Kier molecular flexibility index (Phi) is 6.09. The highest BCUT2D eigenvalue weighted by Crippen LogP contribution is 2.15. The molecule has 0 aliphatic carbocycles. The number of alkyl halides is 1. The average molecular weight is 337 g/mol. The van der Waals surface area contributed by atoms with Crippen LogP contribution >= 0.6 is 27.5 Å². The van der Waals surface area contributed by atoms with Gasteiger partial charge in [0, 0.05) is 11.0 Å². The van der Waals surface area contributed by atoms with Crippen LogP contribution in [-0.4, -0.2) is 17.8 Å². The summed E-state index contributed by atoms with van der Waals surface area (Å²) in [5, 5.41) is 2.51. The van der Waals surface area contributed by atoms with Gasteiger partial charge in [-0.15, -0.1) is 11.6 Å². The second-order valence-corrected chi connectivity index (χ2v) is 6.09. The maximum Gasteiger partial charge on any atom is 0.254 e. The van der Waals surface area contributed by atoms with Crippen molar-refractivity contribution in [2.45, 2.75) is 25.6 Å². The van der Waals surface area contributed by atoms with Crippen molar-refractivity contribution in [2.24, 2.45) is 5.92 Å². The van der Waals surface area contributed by atoms with Crippen LogP contribution in [-0.2, 0) is 0 Å². The van der Waals surface area contributed by atoms with E-state index in [4.69, 9.17) is 11.6 Å². The lowest BCUT2D eigenvalue weighted by atomic mass is 10.1. The number of nitrogens with one attached hydrogen (secondary N) is 1. The summed E-state index contributed by atoms with van der Waals surface area (Å²) in [4.78, 5) is 11.7. The van der Waals surface area contributed by atoms with Crippen molar-refractivity contribution in [1.82, 2.24) is 5.32 Å². The third kappa shape index (κ3) is 4.94. The highest BCUT2D eigenvalue weighted by molar-refractivity contribution is 9.10. The predicted octanol–water partition coefficient (Wildman–Crippen LogP) is 3.97. The number of hydrogen-bond acceptors (Lipinski definition) is 1. The Balaban J connectivity index is 2.55. The molecule has 0 saturated carbocycles. The fourth-order valence-corrected chi connectivity index (χ4v) is 2.33. The van der Waals surface area contributed by atoms with E-state index in [1.807, 2.05) is 0 Å². The van der Waals surface area contributed by atoms with Crippen molar-refractivity contribution in [3.05, 3.63) is 34.1 Å². The normalized spacial score (nSPS) is 12.6. The highest BCUT2D eigenvalue weighted by Gasteiger charge is 2.14. The van der Waals surface area contributed by atoms with Crippen molar-refractivity contribution in [2.75, 3.05) is 6.54 Å². The van der Waals surface area contributed by atoms with Crippen LogP contribution in [0.1, 0.15) is 30.6 Å². The van der Waals surface area contributed by atoms with E-state index < -0.39 is 11.7 Å². The number of benzene rings is 1. The van der Waals surface area contributed by atoms with E-state index in [0.29, 0.717) is 16.9 Å². The first kappa shape index (κ1) is 15.4. The third-order valence-electron chi connectivity index (χ3n) is 2.39. The van der Waals surface area contributed by atoms with Crippen molar-refractivity contribution in [1.29, 1.82) is 0 Å². The second-order valence-electron chi connectivity index (χ2n) is 4.56. The molecule has 2 nitrogen and oxygen atoms in total. The lowest BCUT2D eigenvalue weighted by Gasteiger charge is -2.13. The van der Waals surface area contributed by atoms with Gasteiger partial charge in [0.1, 0.15) is 5.82 Å². The molecule has 1 rings (SSSR count). The fourth-order valence-electron chi connectivity index (χ4n) is 1.57. The van der Waals surface area contributed by atoms with Gasteiger partial charge < -0.3 is 5.32 Å². The molecule has 1 aromatic carbocycles. The van der Waals surface area contributed by atoms with E-state index in [9.17, 15) is 9.18 Å². The molecule has 0 radical (unpaired) electrons. The number of hydrogen-bond donors (Lipinski definition) is 1. The molecule has 1 aromatic rings. The summed E-state index contributed by atoms with van der Waals surface area (Å²) in [6.07, 6.45) is 0.810. The molecule has 1 N–H and O–H groups in total. The summed E-state index contributed by atoms with van der Waals surface area (Å²) in [6, 6.07) is 4.34. The van der Waals surface area contributed by atoms with Crippen LogP contribution in [0.25, 0.3) is 0 Å². The van der Waals surface area contributed by atoms with Gasteiger partial charge in [0.05, 0.1) is 10.9 Å². The molecule has 0 fully saturated rings. The molecular weight excluding hydrogens is 321 g/mol. The molecule has 18 heavy (non-hydrogen) atoms. The van der Waals surface area contributed by atoms with Crippen LogP contribution in [0.3, 0.4) is 0 Å². The number of halogens is 3. The second kappa shape index (κ2) is 7.10. The molecule has 0 spiro atoms. The zero-order valence-corrected chi connectivity index (χ0v) is 12.7. The Bertz CT molecular complexity index is 425. The zero-order valence-electron chi connectivity index (χ0n) is 10.3. The lowest BCUT2D eigenvalue weighted by molar-refractivity contribution is 0.0949. The smallest absolute Gasteiger partial charge is 0.254 e. The Labute approximate surface area is 120 Å². The average Bonchev–Trinajstić information content (AvgIpc) is 2.25. The van der Waals surface area contributed by atoms with Crippen molar-refractivity contribution >= 4 is 33.4 Å². The topological polar surface area (TPSA) is 29.1 Å². The van der Waals surface area contributed by atoms with Crippen molar-refractivity contribution in [3.8, 4) is 0 Å². The number of carbonyl (C=O) groups excluding carboxylic acids is 1. The van der Waals surface area contributed by atoms with Gasteiger partial charge in [-0.05, 0) is 30.5 Å². The van der Waals surface area contributed by atoms with Gasteiger partial charge in [-0.1, -0.05) is 29.8 Å². The summed E-state index contributed by atoms with van der Waals surface area (Å²) in [6.45, 7) is 4.46. The van der Waals surface area contributed by atoms with Gasteiger partial charge in [0.15, 0.2) is 0 Å². The Morgan fingerprint density at radius 1 is 1.50 bits per heavy atom. The van der Waals surface area contributed by atoms with E-state index in [1.165, 1.54) is 12.1 Å². The van der Waals surface area contributed by atoms with E-state index in [1.54, 1.807) is 6.07 Å². The van der Waals surface area contributed by atoms with Crippen molar-refractivity contribution < 1.29 is 9.18 Å². The summed E-state index contributed by atoms with van der Waals surface area (Å²) >= 11 is 9.20. The van der Waals surface area contributed by atoms with Crippen LogP contribution in [0.4, 0.5) is 4.39 Å². The third-order valence-corrected chi connectivity index (χ3v) is 3.21. The van der Waals surface area contributed by atoms with E-state index >= 15 is 0 Å². The Hall–Kier alpha value is -0.610.